The third-order valence-corrected chi connectivity index (χ3v) is 3.94. The van der Waals surface area contributed by atoms with Crippen LogP contribution >= 0.6 is 38.5 Å². The Balaban J connectivity index is 3.12. The van der Waals surface area contributed by atoms with E-state index in [9.17, 15) is 9.18 Å². The van der Waals surface area contributed by atoms with Gasteiger partial charge in [-0.05, 0) is 56.2 Å². The molecule has 13 heavy (non-hydrogen) atoms. The van der Waals surface area contributed by atoms with Crippen LogP contribution in [-0.2, 0) is 11.2 Å². The Morgan fingerprint density at radius 3 is 2.77 bits per heavy atom. The first-order chi connectivity index (χ1) is 6.00. The fourth-order valence-electron chi connectivity index (χ4n) is 0.901. The molecule has 2 nitrogen and oxygen atoms in total. The van der Waals surface area contributed by atoms with Crippen molar-refractivity contribution in [3.8, 4) is 0 Å². The minimum absolute atomic E-state index is 0.172. The molecule has 0 aliphatic heterocycles. The summed E-state index contributed by atoms with van der Waals surface area (Å²) in [6.45, 7) is 0. The lowest BCUT2D eigenvalue weighted by Crippen LogP contribution is -2.02. The molecule has 5 heteroatoms. The van der Waals surface area contributed by atoms with E-state index in [-0.39, 0.29) is 6.42 Å². The van der Waals surface area contributed by atoms with Gasteiger partial charge >= 0.3 is 5.97 Å². The van der Waals surface area contributed by atoms with E-state index in [0.29, 0.717) is 13.6 Å². The number of benzene rings is 1. The Morgan fingerprint density at radius 1 is 1.62 bits per heavy atom. The molecule has 0 fully saturated rings. The molecule has 1 rings (SSSR count). The summed E-state index contributed by atoms with van der Waals surface area (Å²) in [5, 5.41) is 8.53. The maximum atomic E-state index is 12.8. The molecule has 1 aromatic rings. The quantitative estimate of drug-likeness (QED) is 0.652. The fourth-order valence-corrected chi connectivity index (χ4v) is 1.91. The van der Waals surface area contributed by atoms with Gasteiger partial charge in [0.15, 0.2) is 0 Å². The number of hydrogen-bond acceptors (Lipinski definition) is 1. The summed E-state index contributed by atoms with van der Waals surface area (Å²) in [7, 11) is 0. The lowest BCUT2D eigenvalue weighted by atomic mass is 10.1. The van der Waals surface area contributed by atoms with Crippen LogP contribution in [0.5, 0.6) is 0 Å². The zero-order valence-corrected chi connectivity index (χ0v) is 10.1. The van der Waals surface area contributed by atoms with Crippen molar-refractivity contribution in [1.82, 2.24) is 0 Å². The van der Waals surface area contributed by atoms with Gasteiger partial charge in [0.1, 0.15) is 5.82 Å². The normalized spacial score (nSPS) is 10.1. The van der Waals surface area contributed by atoms with Crippen molar-refractivity contribution in [2.24, 2.45) is 0 Å². The van der Waals surface area contributed by atoms with Gasteiger partial charge in [-0.2, -0.15) is 0 Å². The standard InChI is InChI=1S/C8H5BrFIO2/c9-8-4(2-7(12)13)1-5(10)3-6(8)11/h1,3H,2H2,(H,12,13). The summed E-state index contributed by atoms with van der Waals surface area (Å²) >= 11 is 5.15. The van der Waals surface area contributed by atoms with Gasteiger partial charge in [-0.15, -0.1) is 0 Å². The van der Waals surface area contributed by atoms with Crippen LogP contribution in [-0.4, -0.2) is 11.1 Å². The van der Waals surface area contributed by atoms with Crippen LogP contribution in [0.4, 0.5) is 4.39 Å². The summed E-state index contributed by atoms with van der Waals surface area (Å²) in [5.74, 6) is -1.38. The van der Waals surface area contributed by atoms with E-state index in [0.717, 1.165) is 0 Å². The van der Waals surface area contributed by atoms with Crippen molar-refractivity contribution in [3.05, 3.63) is 31.6 Å². The Kier molecular flexibility index (Phi) is 3.66. The first-order valence-corrected chi connectivity index (χ1v) is 5.23. The predicted molar refractivity (Wildman–Crippen MR) is 58.2 cm³/mol. The number of carboxylic acids is 1. The average Bonchev–Trinajstić information content (AvgIpc) is 1.98. The van der Waals surface area contributed by atoms with Crippen LogP contribution < -0.4 is 0 Å². The van der Waals surface area contributed by atoms with Crippen molar-refractivity contribution < 1.29 is 14.3 Å². The van der Waals surface area contributed by atoms with Crippen LogP contribution in [0.3, 0.4) is 0 Å². The van der Waals surface area contributed by atoms with E-state index in [4.69, 9.17) is 5.11 Å². The molecular formula is C8H5BrFIO2. The second kappa shape index (κ2) is 4.36. The van der Waals surface area contributed by atoms with Crippen molar-refractivity contribution in [1.29, 1.82) is 0 Å². The van der Waals surface area contributed by atoms with Crippen LogP contribution in [0.2, 0.25) is 0 Å². The lowest BCUT2D eigenvalue weighted by Gasteiger charge is -2.03. The van der Waals surface area contributed by atoms with Crippen molar-refractivity contribution >= 4 is 44.5 Å². The highest BCUT2D eigenvalue weighted by atomic mass is 127. The third-order valence-electron chi connectivity index (χ3n) is 1.41. The van der Waals surface area contributed by atoms with Gasteiger partial charge in [-0.25, -0.2) is 4.39 Å². The van der Waals surface area contributed by atoms with Crippen molar-refractivity contribution in [3.63, 3.8) is 0 Å². The topological polar surface area (TPSA) is 37.3 Å². The summed E-state index contributed by atoms with van der Waals surface area (Å²) in [5.41, 5.74) is 0.455. The van der Waals surface area contributed by atoms with Crippen molar-refractivity contribution in [2.75, 3.05) is 0 Å². The van der Waals surface area contributed by atoms with Crippen LogP contribution in [0, 0.1) is 9.39 Å². The van der Waals surface area contributed by atoms with Gasteiger partial charge in [0.25, 0.3) is 0 Å². The van der Waals surface area contributed by atoms with Gasteiger partial charge in [-0.3, -0.25) is 4.79 Å². The van der Waals surface area contributed by atoms with E-state index in [1.54, 1.807) is 0 Å². The van der Waals surface area contributed by atoms with E-state index in [1.807, 2.05) is 22.6 Å². The lowest BCUT2D eigenvalue weighted by molar-refractivity contribution is -0.136. The minimum atomic E-state index is -0.970. The average molecular weight is 359 g/mol. The number of aliphatic carboxylic acids is 1. The van der Waals surface area contributed by atoms with Gasteiger partial charge in [0.05, 0.1) is 6.42 Å². The van der Waals surface area contributed by atoms with Gasteiger partial charge in [0, 0.05) is 8.04 Å². The van der Waals surface area contributed by atoms with E-state index < -0.39 is 11.8 Å². The Hall–Kier alpha value is -0.170. The number of halogens is 3. The molecule has 0 bridgehead atoms. The second-order valence-corrected chi connectivity index (χ2v) is 4.39. The molecule has 0 saturated heterocycles. The fraction of sp³-hybridized carbons (Fsp3) is 0.125. The molecule has 1 N–H and O–H groups in total. The molecule has 1 aromatic carbocycles. The molecule has 0 radical (unpaired) electrons. The minimum Gasteiger partial charge on any atom is -0.481 e. The Bertz CT molecular complexity index is 354. The maximum absolute atomic E-state index is 12.8. The Labute approximate surface area is 96.4 Å². The summed E-state index contributed by atoms with van der Waals surface area (Å²) in [6, 6.07) is 2.57. The zero-order chi connectivity index (χ0) is 10.0. The SMILES string of the molecule is O=C(O)Cc1cc(F)cc(I)c1Br. The number of carbonyl (C=O) groups is 1. The molecule has 0 spiro atoms. The molecule has 0 heterocycles. The summed E-state index contributed by atoms with van der Waals surface area (Å²) < 4.78 is 14.2. The maximum Gasteiger partial charge on any atom is 0.307 e. The highest BCUT2D eigenvalue weighted by molar-refractivity contribution is 14.1. The smallest absolute Gasteiger partial charge is 0.307 e. The Morgan fingerprint density at radius 2 is 2.23 bits per heavy atom. The molecule has 70 valence electrons. The molecule has 0 unspecified atom stereocenters. The second-order valence-electron chi connectivity index (χ2n) is 2.43. The van der Waals surface area contributed by atoms with Gasteiger partial charge in [0.2, 0.25) is 0 Å². The molecule has 0 atom stereocenters. The molecule has 0 amide bonds. The summed E-state index contributed by atoms with van der Waals surface area (Å²) in [4.78, 5) is 10.4. The van der Waals surface area contributed by atoms with E-state index in [1.165, 1.54) is 12.1 Å². The number of carboxylic acid groups (broad SMARTS) is 1. The zero-order valence-electron chi connectivity index (χ0n) is 6.35. The molecule has 0 aliphatic carbocycles. The highest BCUT2D eigenvalue weighted by Gasteiger charge is 2.09. The van der Waals surface area contributed by atoms with E-state index in [2.05, 4.69) is 15.9 Å². The predicted octanol–water partition coefficient (Wildman–Crippen LogP) is 2.82. The third kappa shape index (κ3) is 2.91. The number of rotatable bonds is 2. The first kappa shape index (κ1) is 10.9. The largest absolute Gasteiger partial charge is 0.481 e. The summed E-state index contributed by atoms with van der Waals surface area (Å²) in [6.07, 6.45) is -0.172. The van der Waals surface area contributed by atoms with Crippen molar-refractivity contribution in [2.45, 2.75) is 6.42 Å². The van der Waals surface area contributed by atoms with Crippen LogP contribution in [0.1, 0.15) is 5.56 Å². The van der Waals surface area contributed by atoms with Gasteiger partial charge in [-0.1, -0.05) is 0 Å². The van der Waals surface area contributed by atoms with Gasteiger partial charge < -0.3 is 5.11 Å². The molecule has 0 saturated carbocycles. The first-order valence-electron chi connectivity index (χ1n) is 3.36. The van der Waals surface area contributed by atoms with E-state index >= 15 is 0 Å². The molecular weight excluding hydrogens is 354 g/mol. The molecule has 0 aliphatic rings. The monoisotopic (exact) mass is 358 g/mol. The van der Waals surface area contributed by atoms with Crippen LogP contribution in [0.25, 0.3) is 0 Å². The van der Waals surface area contributed by atoms with Crippen LogP contribution in [0.15, 0.2) is 16.6 Å². The molecule has 0 aromatic heterocycles. The highest BCUT2D eigenvalue weighted by Crippen LogP contribution is 2.25. The number of hydrogen-bond donors (Lipinski definition) is 1.